The Bertz CT molecular complexity index is 1100. The molecule has 0 fully saturated rings. The average Bonchev–Trinajstić information content (AvgIpc) is 3.06. The molecule has 5 nitrogen and oxygen atoms in total. The molecule has 7 heteroatoms. The van der Waals surface area contributed by atoms with E-state index in [0.29, 0.717) is 17.7 Å². The number of nitrogens with zero attached hydrogens (tertiary/aromatic N) is 2. The lowest BCUT2D eigenvalue weighted by Gasteiger charge is -2.18. The van der Waals surface area contributed by atoms with Gasteiger partial charge in [-0.25, -0.2) is 4.98 Å². The smallest absolute Gasteiger partial charge is 0.319 e. The number of esters is 1. The van der Waals surface area contributed by atoms with Crippen molar-refractivity contribution in [3.8, 4) is 5.69 Å². The molecule has 0 bridgehead atoms. The van der Waals surface area contributed by atoms with Crippen molar-refractivity contribution in [1.29, 1.82) is 0 Å². The first-order valence-electron chi connectivity index (χ1n) is 9.95. The molecule has 1 aliphatic rings. The van der Waals surface area contributed by atoms with E-state index in [4.69, 9.17) is 9.72 Å². The largest absolute Gasteiger partial charge is 0.465 e. The number of hydrogen-bond donors (Lipinski definition) is 0. The highest BCUT2D eigenvalue weighted by molar-refractivity contribution is 8.00. The Balaban J connectivity index is 1.89. The van der Waals surface area contributed by atoms with Gasteiger partial charge in [0.15, 0.2) is 5.16 Å². The number of thioether (sulfide) groups is 1. The Hall–Kier alpha value is -2.12. The Kier molecular flexibility index (Phi) is 5.79. The minimum absolute atomic E-state index is 0.0492. The van der Waals surface area contributed by atoms with Crippen LogP contribution in [0.4, 0.5) is 0 Å². The first kappa shape index (κ1) is 20.2. The summed E-state index contributed by atoms with van der Waals surface area (Å²) in [5.41, 5.74) is 1.88. The third-order valence-corrected chi connectivity index (χ3v) is 7.39. The number of rotatable bonds is 5. The molecule has 0 N–H and O–H groups in total. The highest BCUT2D eigenvalue weighted by Crippen LogP contribution is 2.37. The van der Waals surface area contributed by atoms with E-state index in [2.05, 4.69) is 6.92 Å². The van der Waals surface area contributed by atoms with Crippen LogP contribution in [0, 0.1) is 5.92 Å². The summed E-state index contributed by atoms with van der Waals surface area (Å²) in [6.45, 7) is 6.16. The molecule has 3 aromatic rings. The van der Waals surface area contributed by atoms with E-state index in [0.717, 1.165) is 35.2 Å². The van der Waals surface area contributed by atoms with Gasteiger partial charge in [0.25, 0.3) is 5.56 Å². The number of hydrogen-bond acceptors (Lipinski definition) is 6. The molecular formula is C22H24N2O3S2. The Labute approximate surface area is 178 Å². The molecule has 1 aromatic carbocycles. The van der Waals surface area contributed by atoms with Gasteiger partial charge in [0.05, 0.1) is 17.7 Å². The first-order valence-corrected chi connectivity index (χ1v) is 11.6. The van der Waals surface area contributed by atoms with E-state index in [1.54, 1.807) is 29.8 Å². The Morgan fingerprint density at radius 1 is 1.38 bits per heavy atom. The minimum atomic E-state index is -0.455. The molecule has 2 atom stereocenters. The van der Waals surface area contributed by atoms with Crippen molar-refractivity contribution in [3.05, 3.63) is 51.1 Å². The van der Waals surface area contributed by atoms with Crippen molar-refractivity contribution in [3.63, 3.8) is 0 Å². The molecule has 2 heterocycles. The zero-order valence-corrected chi connectivity index (χ0v) is 18.4. The second-order valence-electron chi connectivity index (χ2n) is 7.41. The highest BCUT2D eigenvalue weighted by atomic mass is 32.2. The van der Waals surface area contributed by atoms with Gasteiger partial charge in [0, 0.05) is 4.88 Å². The third-order valence-electron chi connectivity index (χ3n) is 5.21. The molecule has 2 unspecified atom stereocenters. The van der Waals surface area contributed by atoms with Crippen molar-refractivity contribution < 1.29 is 9.53 Å². The summed E-state index contributed by atoms with van der Waals surface area (Å²) in [5.74, 6) is 0.329. The fraction of sp³-hybridized carbons (Fsp3) is 0.409. The van der Waals surface area contributed by atoms with Crippen LogP contribution in [0.3, 0.4) is 0 Å². The summed E-state index contributed by atoms with van der Waals surface area (Å²) in [6.07, 6.45) is 3.02. The number of thiophene rings is 1. The molecular weight excluding hydrogens is 404 g/mol. The summed E-state index contributed by atoms with van der Waals surface area (Å²) < 4.78 is 6.79. The van der Waals surface area contributed by atoms with Crippen LogP contribution < -0.4 is 5.56 Å². The third kappa shape index (κ3) is 3.85. The number of aromatic nitrogens is 2. The van der Waals surface area contributed by atoms with Gasteiger partial charge in [-0.2, -0.15) is 0 Å². The van der Waals surface area contributed by atoms with Gasteiger partial charge >= 0.3 is 5.97 Å². The number of carbonyl (C=O) groups is 1. The predicted molar refractivity (Wildman–Crippen MR) is 118 cm³/mol. The Morgan fingerprint density at radius 3 is 2.86 bits per heavy atom. The van der Waals surface area contributed by atoms with Crippen LogP contribution in [0.5, 0.6) is 0 Å². The van der Waals surface area contributed by atoms with Crippen LogP contribution in [-0.2, 0) is 22.4 Å². The average molecular weight is 429 g/mol. The van der Waals surface area contributed by atoms with E-state index in [1.165, 1.54) is 22.2 Å². The van der Waals surface area contributed by atoms with Crippen molar-refractivity contribution in [2.45, 2.75) is 50.4 Å². The number of ether oxygens (including phenoxy) is 1. The number of para-hydroxylation sites is 1. The lowest BCUT2D eigenvalue weighted by molar-refractivity contribution is -0.142. The maximum atomic E-state index is 13.6. The number of carbonyl (C=O) groups excluding carboxylic acids is 1. The molecule has 0 saturated heterocycles. The van der Waals surface area contributed by atoms with Crippen molar-refractivity contribution in [2.24, 2.45) is 5.92 Å². The van der Waals surface area contributed by atoms with Gasteiger partial charge in [-0.1, -0.05) is 36.9 Å². The minimum Gasteiger partial charge on any atom is -0.465 e. The lowest BCUT2D eigenvalue weighted by Crippen LogP contribution is -2.24. The van der Waals surface area contributed by atoms with Crippen molar-refractivity contribution in [2.75, 3.05) is 6.61 Å². The van der Waals surface area contributed by atoms with Gasteiger partial charge in [-0.3, -0.25) is 14.2 Å². The number of aryl methyl sites for hydroxylation is 1. The van der Waals surface area contributed by atoms with Gasteiger partial charge in [0.2, 0.25) is 0 Å². The fourth-order valence-electron chi connectivity index (χ4n) is 3.72. The number of benzene rings is 1. The molecule has 0 saturated carbocycles. The summed E-state index contributed by atoms with van der Waals surface area (Å²) in [7, 11) is 0. The van der Waals surface area contributed by atoms with E-state index < -0.39 is 5.25 Å². The van der Waals surface area contributed by atoms with Crippen LogP contribution in [0.25, 0.3) is 15.9 Å². The summed E-state index contributed by atoms with van der Waals surface area (Å²) in [6, 6.07) is 9.52. The predicted octanol–water partition coefficient (Wildman–Crippen LogP) is 4.62. The molecule has 0 amide bonds. The normalized spacial score (nSPS) is 17.1. The van der Waals surface area contributed by atoms with Crippen LogP contribution in [0.15, 0.2) is 40.3 Å². The van der Waals surface area contributed by atoms with Crippen LogP contribution >= 0.6 is 23.1 Å². The van der Waals surface area contributed by atoms with Crippen LogP contribution in [0.2, 0.25) is 0 Å². The molecule has 152 valence electrons. The van der Waals surface area contributed by atoms with Gasteiger partial charge in [0.1, 0.15) is 10.1 Å². The topological polar surface area (TPSA) is 61.2 Å². The molecule has 0 spiro atoms. The quantitative estimate of drug-likeness (QED) is 0.337. The summed E-state index contributed by atoms with van der Waals surface area (Å²) in [4.78, 5) is 32.7. The van der Waals surface area contributed by atoms with Crippen LogP contribution in [-0.4, -0.2) is 27.4 Å². The van der Waals surface area contributed by atoms with Gasteiger partial charge in [-0.15, -0.1) is 11.3 Å². The van der Waals surface area contributed by atoms with Crippen LogP contribution in [0.1, 0.15) is 37.6 Å². The number of fused-ring (bicyclic) bond motifs is 3. The molecule has 2 aromatic heterocycles. The fourth-order valence-corrected chi connectivity index (χ4v) is 6.07. The van der Waals surface area contributed by atoms with Gasteiger partial charge < -0.3 is 4.74 Å². The van der Waals surface area contributed by atoms with Crippen molar-refractivity contribution >= 4 is 39.3 Å². The zero-order valence-electron chi connectivity index (χ0n) is 16.8. The second-order valence-corrected chi connectivity index (χ2v) is 9.81. The molecule has 1 aliphatic carbocycles. The summed E-state index contributed by atoms with van der Waals surface area (Å²) >= 11 is 2.90. The highest BCUT2D eigenvalue weighted by Gasteiger charge is 2.26. The molecule has 0 aliphatic heterocycles. The molecule has 0 radical (unpaired) electrons. The van der Waals surface area contributed by atoms with E-state index in [1.807, 2.05) is 30.3 Å². The van der Waals surface area contributed by atoms with E-state index in [-0.39, 0.29) is 11.5 Å². The first-order chi connectivity index (χ1) is 14.0. The maximum Gasteiger partial charge on any atom is 0.319 e. The van der Waals surface area contributed by atoms with Crippen molar-refractivity contribution in [1.82, 2.24) is 9.55 Å². The van der Waals surface area contributed by atoms with E-state index >= 15 is 0 Å². The van der Waals surface area contributed by atoms with Gasteiger partial charge in [-0.05, 0) is 56.7 Å². The lowest BCUT2D eigenvalue weighted by atomic mass is 9.89. The Morgan fingerprint density at radius 2 is 2.14 bits per heavy atom. The SMILES string of the molecule is CCOC(=O)C(C)Sc1nc2sc3c(c2c(=O)n1-c1ccccc1)CCC(C)C3. The second kappa shape index (κ2) is 8.32. The standard InChI is InChI=1S/C22H24N2O3S2/c1-4-27-21(26)14(3)28-22-23-19-18(16-11-10-13(2)12-17(16)29-19)20(25)24(22)15-8-6-5-7-9-15/h5-9,13-14H,4,10-12H2,1-3H3. The van der Waals surface area contributed by atoms with E-state index in [9.17, 15) is 9.59 Å². The maximum absolute atomic E-state index is 13.6. The molecule has 4 rings (SSSR count). The molecule has 29 heavy (non-hydrogen) atoms. The summed E-state index contributed by atoms with van der Waals surface area (Å²) in [5, 5.41) is 0.818. The monoisotopic (exact) mass is 428 g/mol. The zero-order chi connectivity index (χ0) is 20.5.